The summed E-state index contributed by atoms with van der Waals surface area (Å²) < 4.78 is 6.35. The number of aromatic nitrogens is 3. The zero-order valence-corrected chi connectivity index (χ0v) is 7.46. The molecule has 0 saturated heterocycles. The smallest absolute Gasteiger partial charge is 0.358 e. The number of hydrogen-bond donors (Lipinski definition) is 2. The Morgan fingerprint density at radius 3 is 2.93 bits per heavy atom. The lowest BCUT2D eigenvalue weighted by Gasteiger charge is -2.00. The number of aliphatic hydroxyl groups is 1. The van der Waals surface area contributed by atoms with Crippen molar-refractivity contribution in [3.63, 3.8) is 0 Å². The lowest BCUT2D eigenvalue weighted by molar-refractivity contribution is 0.0690. The van der Waals surface area contributed by atoms with Gasteiger partial charge in [-0.05, 0) is 0 Å². The molecule has 1 aromatic heterocycles. The number of carboxylic acids is 1. The van der Waals surface area contributed by atoms with Gasteiger partial charge in [-0.25, -0.2) is 9.48 Å². The summed E-state index contributed by atoms with van der Waals surface area (Å²) in [6.45, 7) is 1.02. The normalized spacial score (nSPS) is 10.4. The number of hydrogen-bond acceptors (Lipinski definition) is 5. The van der Waals surface area contributed by atoms with Crippen LogP contribution in [-0.4, -0.2) is 51.0 Å². The Morgan fingerprint density at radius 2 is 2.36 bits per heavy atom. The number of rotatable bonds is 6. The Morgan fingerprint density at radius 1 is 1.57 bits per heavy atom. The first kappa shape index (κ1) is 10.6. The molecule has 0 aliphatic carbocycles. The van der Waals surface area contributed by atoms with Crippen LogP contribution in [0, 0.1) is 0 Å². The minimum absolute atomic E-state index is 0.0300. The fourth-order valence-electron chi connectivity index (χ4n) is 0.830. The van der Waals surface area contributed by atoms with Gasteiger partial charge in [0.2, 0.25) is 0 Å². The van der Waals surface area contributed by atoms with Gasteiger partial charge in [0.15, 0.2) is 5.69 Å². The lowest BCUT2D eigenvalue weighted by Crippen LogP contribution is -2.08. The van der Waals surface area contributed by atoms with Gasteiger partial charge in [-0.1, -0.05) is 5.21 Å². The van der Waals surface area contributed by atoms with Gasteiger partial charge in [0.1, 0.15) is 0 Å². The number of aliphatic hydroxyl groups excluding tert-OH is 1. The first-order chi connectivity index (χ1) is 6.74. The Hall–Kier alpha value is -1.47. The van der Waals surface area contributed by atoms with E-state index in [-0.39, 0.29) is 18.9 Å². The standard InChI is InChI=1S/C7H11N3O4/c11-2-4-14-3-1-10-5-6(7(12)13)8-9-10/h5,11H,1-4H2,(H,12,13). The quantitative estimate of drug-likeness (QED) is 0.572. The average molecular weight is 201 g/mol. The monoisotopic (exact) mass is 201 g/mol. The molecule has 1 rings (SSSR count). The van der Waals surface area contributed by atoms with Crippen LogP contribution < -0.4 is 0 Å². The van der Waals surface area contributed by atoms with Crippen LogP contribution in [0.15, 0.2) is 6.20 Å². The Kier molecular flexibility index (Phi) is 4.02. The molecule has 0 unspecified atom stereocenters. The minimum Gasteiger partial charge on any atom is -0.476 e. The van der Waals surface area contributed by atoms with E-state index < -0.39 is 5.97 Å². The predicted octanol–water partition coefficient (Wildman–Crippen LogP) is -1.01. The van der Waals surface area contributed by atoms with E-state index in [0.29, 0.717) is 13.2 Å². The van der Waals surface area contributed by atoms with Crippen molar-refractivity contribution in [3.05, 3.63) is 11.9 Å². The number of carbonyl (C=O) groups is 1. The van der Waals surface area contributed by atoms with E-state index >= 15 is 0 Å². The number of carboxylic acid groups (broad SMARTS) is 1. The molecule has 0 atom stereocenters. The maximum Gasteiger partial charge on any atom is 0.358 e. The second-order valence-electron chi connectivity index (χ2n) is 2.51. The first-order valence-corrected chi connectivity index (χ1v) is 4.06. The summed E-state index contributed by atoms with van der Waals surface area (Å²) >= 11 is 0. The highest BCUT2D eigenvalue weighted by Crippen LogP contribution is 1.92. The maximum atomic E-state index is 10.4. The Labute approximate surface area is 79.9 Å². The van der Waals surface area contributed by atoms with Crippen LogP contribution in [0.2, 0.25) is 0 Å². The van der Waals surface area contributed by atoms with Crippen molar-refractivity contribution in [2.45, 2.75) is 6.54 Å². The van der Waals surface area contributed by atoms with E-state index in [0.717, 1.165) is 0 Å². The molecule has 0 saturated carbocycles. The molecular formula is C7H11N3O4. The number of nitrogens with zero attached hydrogens (tertiary/aromatic N) is 3. The fraction of sp³-hybridized carbons (Fsp3) is 0.571. The molecule has 0 aromatic carbocycles. The summed E-state index contributed by atoms with van der Waals surface area (Å²) in [6, 6.07) is 0. The van der Waals surface area contributed by atoms with E-state index in [9.17, 15) is 4.79 Å². The maximum absolute atomic E-state index is 10.4. The Bertz CT molecular complexity index is 299. The van der Waals surface area contributed by atoms with E-state index in [2.05, 4.69) is 10.3 Å². The zero-order chi connectivity index (χ0) is 10.4. The van der Waals surface area contributed by atoms with Crippen molar-refractivity contribution < 1.29 is 19.7 Å². The van der Waals surface area contributed by atoms with Crippen molar-refractivity contribution in [2.24, 2.45) is 0 Å². The van der Waals surface area contributed by atoms with Crippen molar-refractivity contribution in [2.75, 3.05) is 19.8 Å². The third-order valence-electron chi connectivity index (χ3n) is 1.46. The summed E-state index contributed by atoms with van der Waals surface area (Å²) in [6.07, 6.45) is 1.32. The molecule has 1 heterocycles. The van der Waals surface area contributed by atoms with Gasteiger partial charge >= 0.3 is 5.97 Å². The van der Waals surface area contributed by atoms with Gasteiger partial charge < -0.3 is 14.9 Å². The molecule has 7 heteroatoms. The van der Waals surface area contributed by atoms with Crippen molar-refractivity contribution in [1.29, 1.82) is 0 Å². The van der Waals surface area contributed by atoms with Crippen LogP contribution in [0.1, 0.15) is 10.5 Å². The van der Waals surface area contributed by atoms with Crippen molar-refractivity contribution in [1.82, 2.24) is 15.0 Å². The molecule has 14 heavy (non-hydrogen) atoms. The van der Waals surface area contributed by atoms with Crippen molar-refractivity contribution in [3.8, 4) is 0 Å². The Balaban J connectivity index is 2.33. The van der Waals surface area contributed by atoms with Gasteiger partial charge in [0.25, 0.3) is 0 Å². The molecule has 0 spiro atoms. The van der Waals surface area contributed by atoms with E-state index in [1.165, 1.54) is 10.9 Å². The van der Waals surface area contributed by atoms with Crippen LogP contribution in [0.4, 0.5) is 0 Å². The van der Waals surface area contributed by atoms with Gasteiger partial charge in [-0.2, -0.15) is 0 Å². The zero-order valence-electron chi connectivity index (χ0n) is 7.46. The second-order valence-corrected chi connectivity index (χ2v) is 2.51. The molecule has 7 nitrogen and oxygen atoms in total. The third-order valence-corrected chi connectivity index (χ3v) is 1.46. The number of ether oxygens (including phenoxy) is 1. The predicted molar refractivity (Wildman–Crippen MR) is 44.9 cm³/mol. The average Bonchev–Trinajstić information content (AvgIpc) is 2.61. The SMILES string of the molecule is O=C(O)c1cn(CCOCCO)nn1. The van der Waals surface area contributed by atoms with Crippen molar-refractivity contribution >= 4 is 5.97 Å². The molecule has 78 valence electrons. The molecule has 0 aliphatic rings. The highest BCUT2D eigenvalue weighted by molar-refractivity contribution is 5.84. The summed E-state index contributed by atoms with van der Waals surface area (Å²) in [5.74, 6) is -1.10. The molecule has 0 fully saturated rings. The molecule has 0 aliphatic heterocycles. The summed E-state index contributed by atoms with van der Waals surface area (Å²) in [7, 11) is 0. The molecule has 1 aromatic rings. The van der Waals surface area contributed by atoms with Gasteiger partial charge in [-0.15, -0.1) is 5.10 Å². The van der Waals surface area contributed by atoms with E-state index in [4.69, 9.17) is 14.9 Å². The molecule has 0 amide bonds. The highest BCUT2D eigenvalue weighted by atomic mass is 16.5. The molecule has 2 N–H and O–H groups in total. The topological polar surface area (TPSA) is 97.5 Å². The van der Waals surface area contributed by atoms with Gasteiger partial charge in [-0.3, -0.25) is 0 Å². The highest BCUT2D eigenvalue weighted by Gasteiger charge is 2.07. The molecule has 0 bridgehead atoms. The van der Waals surface area contributed by atoms with E-state index in [1.54, 1.807) is 0 Å². The van der Waals surface area contributed by atoms with E-state index in [1.807, 2.05) is 0 Å². The summed E-state index contributed by atoms with van der Waals surface area (Å²) in [5.41, 5.74) is -0.0906. The largest absolute Gasteiger partial charge is 0.476 e. The minimum atomic E-state index is -1.10. The summed E-state index contributed by atoms with van der Waals surface area (Å²) in [5, 5.41) is 23.9. The first-order valence-electron chi connectivity index (χ1n) is 4.06. The molecule has 0 radical (unpaired) electrons. The molecular weight excluding hydrogens is 190 g/mol. The van der Waals surface area contributed by atoms with Crippen LogP contribution in [0.25, 0.3) is 0 Å². The van der Waals surface area contributed by atoms with Crippen LogP contribution in [0.5, 0.6) is 0 Å². The van der Waals surface area contributed by atoms with Crippen LogP contribution in [-0.2, 0) is 11.3 Å². The second kappa shape index (κ2) is 5.30. The van der Waals surface area contributed by atoms with Crippen LogP contribution in [0.3, 0.4) is 0 Å². The van der Waals surface area contributed by atoms with Crippen LogP contribution >= 0.6 is 0 Å². The third kappa shape index (κ3) is 3.11. The van der Waals surface area contributed by atoms with Gasteiger partial charge in [0.05, 0.1) is 32.6 Å². The lowest BCUT2D eigenvalue weighted by atomic mass is 10.5. The number of aromatic carboxylic acids is 1. The van der Waals surface area contributed by atoms with Gasteiger partial charge in [0, 0.05) is 0 Å². The fourth-order valence-corrected chi connectivity index (χ4v) is 0.830. The summed E-state index contributed by atoms with van der Waals surface area (Å²) in [4.78, 5) is 10.4.